The molecule has 0 atom stereocenters. The van der Waals surface area contributed by atoms with Crippen LogP contribution >= 0.6 is 0 Å². The average molecular weight is 439 g/mol. The first-order valence-electron chi connectivity index (χ1n) is 10.4. The molecule has 1 N–H and O–H groups in total. The van der Waals surface area contributed by atoms with Crippen LogP contribution in [0.2, 0.25) is 0 Å². The monoisotopic (exact) mass is 439 g/mol. The van der Waals surface area contributed by atoms with E-state index in [0.29, 0.717) is 47.2 Å². The molecule has 32 heavy (non-hydrogen) atoms. The van der Waals surface area contributed by atoms with Crippen molar-refractivity contribution in [3.63, 3.8) is 0 Å². The van der Waals surface area contributed by atoms with Crippen LogP contribution in [0.3, 0.4) is 0 Å². The van der Waals surface area contributed by atoms with Crippen LogP contribution in [-0.2, 0) is 16.0 Å². The molecule has 0 bridgehead atoms. The third-order valence-electron chi connectivity index (χ3n) is 4.71. The number of rotatable bonds is 7. The van der Waals surface area contributed by atoms with Gasteiger partial charge in [-0.15, -0.1) is 0 Å². The first-order valence-corrected chi connectivity index (χ1v) is 10.4. The summed E-state index contributed by atoms with van der Waals surface area (Å²) >= 11 is 0. The van der Waals surface area contributed by atoms with E-state index in [1.165, 1.54) is 35.0 Å². The van der Waals surface area contributed by atoms with Crippen LogP contribution in [0.1, 0.15) is 51.4 Å². The maximum atomic E-state index is 13.4. The van der Waals surface area contributed by atoms with Crippen molar-refractivity contribution in [2.75, 3.05) is 0 Å². The largest absolute Gasteiger partial charge is 0.460 e. The molecule has 0 unspecified atom stereocenters. The van der Waals surface area contributed by atoms with E-state index in [0.717, 1.165) is 0 Å². The van der Waals surface area contributed by atoms with Crippen molar-refractivity contribution in [3.05, 3.63) is 70.0 Å². The lowest BCUT2D eigenvalue weighted by Crippen LogP contribution is -2.24. The molecule has 7 nitrogen and oxygen atoms in total. The van der Waals surface area contributed by atoms with Gasteiger partial charge in [-0.2, -0.15) is 0 Å². The fourth-order valence-corrected chi connectivity index (χ4v) is 3.36. The molecule has 0 saturated heterocycles. The molecule has 168 valence electrons. The number of hydrogen-bond acceptors (Lipinski definition) is 6. The van der Waals surface area contributed by atoms with E-state index in [2.05, 4.69) is 10.1 Å². The van der Waals surface area contributed by atoms with E-state index in [9.17, 15) is 14.0 Å². The number of hydrogen-bond donors (Lipinski definition) is 1. The van der Waals surface area contributed by atoms with Crippen molar-refractivity contribution in [2.24, 2.45) is 5.16 Å². The third-order valence-corrected chi connectivity index (χ3v) is 4.71. The summed E-state index contributed by atoms with van der Waals surface area (Å²) in [6.45, 7) is 5.46. The Morgan fingerprint density at radius 3 is 2.56 bits per heavy atom. The Hall–Kier alpha value is -3.55. The average Bonchev–Trinajstić information content (AvgIpc) is 2.71. The minimum atomic E-state index is -0.532. The van der Waals surface area contributed by atoms with Gasteiger partial charge in [-0.1, -0.05) is 11.2 Å². The van der Waals surface area contributed by atoms with Crippen LogP contribution in [-0.4, -0.2) is 32.5 Å². The fraction of sp³-hybridized carbons (Fsp3) is 0.333. The topological polar surface area (TPSA) is 93.8 Å². The molecule has 3 aromatic rings. The summed E-state index contributed by atoms with van der Waals surface area (Å²) < 4.78 is 20.2. The SMILES string of the molecule is CC(C)(C)OC(=O)CCCCc1nc2cc(C=NO)ccc2c(=O)n1-c1ccc(F)cc1. The lowest BCUT2D eigenvalue weighted by atomic mass is 10.1. The Morgan fingerprint density at radius 2 is 1.91 bits per heavy atom. The van der Waals surface area contributed by atoms with Crippen molar-refractivity contribution in [1.82, 2.24) is 9.55 Å². The molecule has 2 aromatic carbocycles. The molecule has 0 fully saturated rings. The molecule has 0 saturated carbocycles. The summed E-state index contributed by atoms with van der Waals surface area (Å²) in [6.07, 6.45) is 3.14. The number of ether oxygens (including phenoxy) is 1. The summed E-state index contributed by atoms with van der Waals surface area (Å²) in [6, 6.07) is 10.6. The summed E-state index contributed by atoms with van der Waals surface area (Å²) in [5.41, 5.74) is 0.760. The number of carbonyl (C=O) groups excluding carboxylic acids is 1. The third kappa shape index (κ3) is 5.78. The van der Waals surface area contributed by atoms with Crippen LogP contribution in [0.4, 0.5) is 4.39 Å². The molecule has 1 heterocycles. The van der Waals surface area contributed by atoms with E-state index in [-0.39, 0.29) is 17.9 Å². The summed E-state index contributed by atoms with van der Waals surface area (Å²) in [5, 5.41) is 12.2. The quantitative estimate of drug-likeness (QED) is 0.194. The Balaban J connectivity index is 1.92. The van der Waals surface area contributed by atoms with Gasteiger partial charge in [0.25, 0.3) is 5.56 Å². The standard InChI is InChI=1S/C24H26FN3O4/c1-24(2,3)32-22(29)7-5-4-6-21-27-20-14-16(15-26-31)8-13-19(20)23(30)28(21)18-11-9-17(25)10-12-18/h8-15,31H,4-7H2,1-3H3. The lowest BCUT2D eigenvalue weighted by Gasteiger charge is -2.19. The number of halogens is 1. The first-order chi connectivity index (χ1) is 15.2. The predicted molar refractivity (Wildman–Crippen MR) is 120 cm³/mol. The molecular formula is C24H26FN3O4. The number of oxime groups is 1. The van der Waals surface area contributed by atoms with Crippen LogP contribution in [0, 0.1) is 5.82 Å². The minimum Gasteiger partial charge on any atom is -0.460 e. The maximum Gasteiger partial charge on any atom is 0.306 e. The van der Waals surface area contributed by atoms with Crippen molar-refractivity contribution in [1.29, 1.82) is 0 Å². The van der Waals surface area contributed by atoms with Gasteiger partial charge in [0.2, 0.25) is 0 Å². The van der Waals surface area contributed by atoms with Gasteiger partial charge >= 0.3 is 5.97 Å². The highest BCUT2D eigenvalue weighted by Gasteiger charge is 2.17. The molecular weight excluding hydrogens is 413 g/mol. The Labute approximate surface area is 185 Å². The molecule has 0 spiro atoms. The van der Waals surface area contributed by atoms with E-state index >= 15 is 0 Å². The summed E-state index contributed by atoms with van der Waals surface area (Å²) in [4.78, 5) is 29.9. The van der Waals surface area contributed by atoms with Gasteiger partial charge in [-0.05, 0) is 75.6 Å². The van der Waals surface area contributed by atoms with Gasteiger partial charge in [-0.3, -0.25) is 14.2 Å². The highest BCUT2D eigenvalue weighted by Crippen LogP contribution is 2.17. The summed E-state index contributed by atoms with van der Waals surface area (Å²) in [7, 11) is 0. The number of aromatic nitrogens is 2. The molecule has 3 rings (SSSR count). The Kier molecular flexibility index (Phi) is 7.02. The molecule has 1 aromatic heterocycles. The number of carbonyl (C=O) groups is 1. The highest BCUT2D eigenvalue weighted by molar-refractivity contribution is 5.88. The number of benzene rings is 2. The van der Waals surface area contributed by atoms with Gasteiger partial charge < -0.3 is 9.94 Å². The number of esters is 1. The Bertz CT molecular complexity index is 1190. The van der Waals surface area contributed by atoms with Gasteiger partial charge in [0, 0.05) is 12.8 Å². The van der Waals surface area contributed by atoms with Crippen LogP contribution in [0.15, 0.2) is 52.4 Å². The van der Waals surface area contributed by atoms with Gasteiger partial charge in [0.1, 0.15) is 17.2 Å². The van der Waals surface area contributed by atoms with E-state index in [1.807, 2.05) is 20.8 Å². The minimum absolute atomic E-state index is 0.267. The normalized spacial score (nSPS) is 11.9. The number of unbranched alkanes of at least 4 members (excludes halogenated alkanes) is 1. The Morgan fingerprint density at radius 1 is 1.19 bits per heavy atom. The molecule has 0 aliphatic rings. The molecule has 0 aliphatic heterocycles. The molecule has 8 heteroatoms. The second kappa shape index (κ2) is 9.72. The van der Waals surface area contributed by atoms with E-state index in [1.54, 1.807) is 18.2 Å². The van der Waals surface area contributed by atoms with Crippen molar-refractivity contribution >= 4 is 23.1 Å². The second-order valence-corrected chi connectivity index (χ2v) is 8.46. The van der Waals surface area contributed by atoms with Gasteiger partial charge in [-0.25, -0.2) is 9.37 Å². The van der Waals surface area contributed by atoms with E-state index in [4.69, 9.17) is 9.94 Å². The zero-order valence-electron chi connectivity index (χ0n) is 18.3. The number of fused-ring (bicyclic) bond motifs is 1. The number of nitrogens with zero attached hydrogens (tertiary/aromatic N) is 3. The molecule has 0 radical (unpaired) electrons. The number of aryl methyl sites for hydroxylation is 1. The van der Waals surface area contributed by atoms with Crippen molar-refractivity contribution < 1.29 is 19.1 Å². The van der Waals surface area contributed by atoms with E-state index < -0.39 is 11.4 Å². The zero-order chi connectivity index (χ0) is 23.3. The first kappa shape index (κ1) is 23.1. The lowest BCUT2D eigenvalue weighted by molar-refractivity contribution is -0.154. The molecule has 0 amide bonds. The van der Waals surface area contributed by atoms with Gasteiger partial charge in [0.15, 0.2) is 0 Å². The molecule has 0 aliphatic carbocycles. The predicted octanol–water partition coefficient (Wildman–Crippen LogP) is 4.39. The smallest absolute Gasteiger partial charge is 0.306 e. The van der Waals surface area contributed by atoms with Crippen molar-refractivity contribution in [2.45, 2.75) is 52.1 Å². The van der Waals surface area contributed by atoms with Crippen LogP contribution in [0.5, 0.6) is 0 Å². The summed E-state index contributed by atoms with van der Waals surface area (Å²) in [5.74, 6) is -0.174. The van der Waals surface area contributed by atoms with Crippen LogP contribution in [0.25, 0.3) is 16.6 Å². The highest BCUT2D eigenvalue weighted by atomic mass is 19.1. The van der Waals surface area contributed by atoms with Crippen molar-refractivity contribution in [3.8, 4) is 5.69 Å². The van der Waals surface area contributed by atoms with Crippen LogP contribution < -0.4 is 5.56 Å². The second-order valence-electron chi connectivity index (χ2n) is 8.46. The fourth-order valence-electron chi connectivity index (χ4n) is 3.36. The maximum absolute atomic E-state index is 13.4. The van der Waals surface area contributed by atoms with Gasteiger partial charge in [0.05, 0.1) is 22.8 Å². The zero-order valence-corrected chi connectivity index (χ0v) is 18.3.